The van der Waals surface area contributed by atoms with E-state index in [-0.39, 0.29) is 11.6 Å². The molecule has 0 radical (unpaired) electrons. The van der Waals surface area contributed by atoms with E-state index in [0.29, 0.717) is 16.5 Å². The van der Waals surface area contributed by atoms with E-state index in [0.717, 1.165) is 6.42 Å². The van der Waals surface area contributed by atoms with Crippen LogP contribution in [0.1, 0.15) is 19.4 Å². The van der Waals surface area contributed by atoms with Gasteiger partial charge < -0.3 is 14.8 Å². The fraction of sp³-hybridized carbons (Fsp3) is 0.263. The highest BCUT2D eigenvalue weighted by molar-refractivity contribution is 6.35. The molecule has 2 aromatic carbocycles. The summed E-state index contributed by atoms with van der Waals surface area (Å²) in [4.78, 5) is 24.0. The molecular formula is C19H19Cl2NO4. The Morgan fingerprint density at radius 3 is 2.42 bits per heavy atom. The molecule has 0 aromatic heterocycles. The number of carbonyl (C=O) groups excluding carboxylic acids is 2. The van der Waals surface area contributed by atoms with Crippen molar-refractivity contribution in [2.24, 2.45) is 0 Å². The van der Waals surface area contributed by atoms with E-state index < -0.39 is 18.0 Å². The quantitative estimate of drug-likeness (QED) is 0.700. The van der Waals surface area contributed by atoms with Crippen molar-refractivity contribution in [3.05, 3.63) is 58.1 Å². The number of hydrogen-bond acceptors (Lipinski definition) is 4. The Balaban J connectivity index is 1.82. The molecule has 1 N–H and O–H groups in total. The summed E-state index contributed by atoms with van der Waals surface area (Å²) in [5.41, 5.74) is 1.81. The molecular weight excluding hydrogens is 377 g/mol. The molecule has 0 unspecified atom stereocenters. The lowest BCUT2D eigenvalue weighted by atomic mass is 10.1. The SMILES string of the molecule is CCc1ccc(NC(=O)[C@H](C)OC(=O)COc2ccc(Cl)cc2Cl)cc1. The van der Waals surface area contributed by atoms with Gasteiger partial charge in [-0.3, -0.25) is 4.79 Å². The average Bonchev–Trinajstić information content (AvgIpc) is 2.61. The number of esters is 1. The second kappa shape index (κ2) is 9.46. The van der Waals surface area contributed by atoms with Gasteiger partial charge in [-0.1, -0.05) is 42.3 Å². The number of benzene rings is 2. The van der Waals surface area contributed by atoms with Crippen molar-refractivity contribution in [3.8, 4) is 5.75 Å². The van der Waals surface area contributed by atoms with Crippen molar-refractivity contribution >= 4 is 40.8 Å². The maximum absolute atomic E-state index is 12.1. The van der Waals surface area contributed by atoms with Gasteiger partial charge in [0.15, 0.2) is 12.7 Å². The van der Waals surface area contributed by atoms with Crippen molar-refractivity contribution < 1.29 is 19.1 Å². The highest BCUT2D eigenvalue weighted by Crippen LogP contribution is 2.27. The molecule has 0 fully saturated rings. The van der Waals surface area contributed by atoms with E-state index in [1.54, 1.807) is 24.3 Å². The van der Waals surface area contributed by atoms with Gasteiger partial charge in [-0.2, -0.15) is 0 Å². The topological polar surface area (TPSA) is 64.6 Å². The first-order valence-electron chi connectivity index (χ1n) is 8.06. The predicted octanol–water partition coefficient (Wildman–Crippen LogP) is 4.51. The van der Waals surface area contributed by atoms with E-state index in [9.17, 15) is 9.59 Å². The van der Waals surface area contributed by atoms with Crippen molar-refractivity contribution in [2.45, 2.75) is 26.4 Å². The number of aryl methyl sites for hydroxylation is 1. The first kappa shape index (κ1) is 20.1. The van der Waals surface area contributed by atoms with Crippen LogP contribution in [0.4, 0.5) is 5.69 Å². The van der Waals surface area contributed by atoms with E-state index >= 15 is 0 Å². The third-order valence-electron chi connectivity index (χ3n) is 3.55. The minimum Gasteiger partial charge on any atom is -0.480 e. The van der Waals surface area contributed by atoms with Crippen LogP contribution in [0.25, 0.3) is 0 Å². The molecule has 1 amide bonds. The van der Waals surface area contributed by atoms with Gasteiger partial charge in [-0.25, -0.2) is 4.79 Å². The summed E-state index contributed by atoms with van der Waals surface area (Å²) in [5.74, 6) is -0.798. The van der Waals surface area contributed by atoms with Crippen LogP contribution in [0.3, 0.4) is 0 Å². The zero-order chi connectivity index (χ0) is 19.1. The van der Waals surface area contributed by atoms with Gasteiger partial charge in [-0.15, -0.1) is 0 Å². The molecule has 0 heterocycles. The summed E-state index contributed by atoms with van der Waals surface area (Å²) in [5, 5.41) is 3.44. The number of carbonyl (C=O) groups is 2. The first-order chi connectivity index (χ1) is 12.4. The lowest BCUT2D eigenvalue weighted by molar-refractivity contribution is -0.155. The van der Waals surface area contributed by atoms with E-state index in [2.05, 4.69) is 12.2 Å². The van der Waals surface area contributed by atoms with Gasteiger partial charge in [-0.05, 0) is 49.2 Å². The summed E-state index contributed by atoms with van der Waals surface area (Å²) in [6, 6.07) is 12.1. The van der Waals surface area contributed by atoms with Crippen LogP contribution in [-0.2, 0) is 20.7 Å². The summed E-state index contributed by atoms with van der Waals surface area (Å²) >= 11 is 11.7. The van der Waals surface area contributed by atoms with Crippen LogP contribution in [0.15, 0.2) is 42.5 Å². The zero-order valence-electron chi connectivity index (χ0n) is 14.4. The number of nitrogens with one attached hydrogen (secondary N) is 1. The minimum atomic E-state index is -0.961. The molecule has 2 rings (SSSR count). The summed E-state index contributed by atoms with van der Waals surface area (Å²) in [7, 11) is 0. The van der Waals surface area contributed by atoms with Crippen LogP contribution in [0.5, 0.6) is 5.75 Å². The third kappa shape index (κ3) is 5.93. The van der Waals surface area contributed by atoms with Crippen LogP contribution in [0.2, 0.25) is 10.0 Å². The first-order valence-corrected chi connectivity index (χ1v) is 8.81. The molecule has 5 nitrogen and oxygen atoms in total. The minimum absolute atomic E-state index is 0.284. The molecule has 0 aliphatic rings. The van der Waals surface area contributed by atoms with E-state index in [4.69, 9.17) is 32.7 Å². The summed E-state index contributed by atoms with van der Waals surface area (Å²) in [6.45, 7) is 3.17. The van der Waals surface area contributed by atoms with Crippen LogP contribution in [0, 0.1) is 0 Å². The molecule has 7 heteroatoms. The van der Waals surface area contributed by atoms with Crippen LogP contribution in [-0.4, -0.2) is 24.6 Å². The van der Waals surface area contributed by atoms with Gasteiger partial charge in [0.1, 0.15) is 5.75 Å². The molecule has 2 aromatic rings. The summed E-state index contributed by atoms with van der Waals surface area (Å²) < 4.78 is 10.4. The molecule has 26 heavy (non-hydrogen) atoms. The fourth-order valence-corrected chi connectivity index (χ4v) is 2.54. The third-order valence-corrected chi connectivity index (χ3v) is 4.08. The molecule has 0 spiro atoms. The molecule has 0 aliphatic carbocycles. The number of halogens is 2. The zero-order valence-corrected chi connectivity index (χ0v) is 15.9. The molecule has 138 valence electrons. The monoisotopic (exact) mass is 395 g/mol. The average molecular weight is 396 g/mol. The van der Waals surface area contributed by atoms with Crippen LogP contribution >= 0.6 is 23.2 Å². The van der Waals surface area contributed by atoms with Gasteiger partial charge in [0.25, 0.3) is 5.91 Å². The lowest BCUT2D eigenvalue weighted by Crippen LogP contribution is -2.31. The Labute approximate surface area is 162 Å². The Morgan fingerprint density at radius 1 is 1.12 bits per heavy atom. The van der Waals surface area contributed by atoms with Crippen molar-refractivity contribution in [2.75, 3.05) is 11.9 Å². The number of rotatable bonds is 7. The van der Waals surface area contributed by atoms with Gasteiger partial charge in [0.2, 0.25) is 0 Å². The van der Waals surface area contributed by atoms with E-state index in [1.165, 1.54) is 18.6 Å². The lowest BCUT2D eigenvalue weighted by Gasteiger charge is -2.14. The number of ether oxygens (including phenoxy) is 2. The number of anilines is 1. The van der Waals surface area contributed by atoms with Gasteiger partial charge in [0, 0.05) is 10.7 Å². The number of hydrogen-bond donors (Lipinski definition) is 1. The number of amides is 1. The highest BCUT2D eigenvalue weighted by atomic mass is 35.5. The highest BCUT2D eigenvalue weighted by Gasteiger charge is 2.18. The molecule has 0 saturated heterocycles. The maximum Gasteiger partial charge on any atom is 0.344 e. The predicted molar refractivity (Wildman–Crippen MR) is 102 cm³/mol. The second-order valence-corrected chi connectivity index (χ2v) is 6.38. The van der Waals surface area contributed by atoms with Crippen molar-refractivity contribution in [1.29, 1.82) is 0 Å². The van der Waals surface area contributed by atoms with Gasteiger partial charge in [0.05, 0.1) is 5.02 Å². The molecule has 0 saturated carbocycles. The largest absolute Gasteiger partial charge is 0.480 e. The smallest absolute Gasteiger partial charge is 0.344 e. The van der Waals surface area contributed by atoms with Gasteiger partial charge >= 0.3 is 5.97 Å². The van der Waals surface area contributed by atoms with Crippen LogP contribution < -0.4 is 10.1 Å². The standard InChI is InChI=1S/C19H19Cl2NO4/c1-3-13-4-7-15(8-5-13)22-19(24)12(2)26-18(23)11-25-17-9-6-14(20)10-16(17)21/h4-10,12H,3,11H2,1-2H3,(H,22,24)/t12-/m0/s1. The second-order valence-electron chi connectivity index (χ2n) is 5.54. The Morgan fingerprint density at radius 2 is 1.81 bits per heavy atom. The normalized spacial score (nSPS) is 11.5. The Bertz CT molecular complexity index is 778. The Hall–Kier alpha value is -2.24. The molecule has 1 atom stereocenters. The summed E-state index contributed by atoms with van der Waals surface area (Å²) in [6.07, 6.45) is -0.0440. The molecule has 0 aliphatic heterocycles. The van der Waals surface area contributed by atoms with Crippen molar-refractivity contribution in [1.82, 2.24) is 0 Å². The Kier molecular flexibility index (Phi) is 7.30. The van der Waals surface area contributed by atoms with Crippen molar-refractivity contribution in [3.63, 3.8) is 0 Å². The van der Waals surface area contributed by atoms with E-state index in [1.807, 2.05) is 12.1 Å². The maximum atomic E-state index is 12.1. The fourth-order valence-electron chi connectivity index (χ4n) is 2.08. The molecule has 0 bridgehead atoms.